The van der Waals surface area contributed by atoms with Gasteiger partial charge in [-0.2, -0.15) is 6.07 Å². The van der Waals surface area contributed by atoms with Crippen molar-refractivity contribution in [1.82, 2.24) is 0 Å². The number of rotatable bonds is 0. The predicted octanol–water partition coefficient (Wildman–Crippen LogP) is 0.408. The minimum atomic E-state index is -1.11. The van der Waals surface area contributed by atoms with Gasteiger partial charge in [-0.25, -0.2) is 0 Å². The zero-order chi connectivity index (χ0) is 18.1. The van der Waals surface area contributed by atoms with Crippen molar-refractivity contribution in [2.24, 2.45) is 4.99 Å². The van der Waals surface area contributed by atoms with Crippen LogP contribution in [0.15, 0.2) is 86.8 Å². The van der Waals surface area contributed by atoms with Crippen LogP contribution in [0.2, 0.25) is 13.1 Å². The normalized spacial score (nSPS) is 16.9. The molecule has 0 amide bonds. The first-order valence-electron chi connectivity index (χ1n) is 9.24. The molecule has 4 aliphatic rings. The summed E-state index contributed by atoms with van der Waals surface area (Å²) >= 11 is 0. The van der Waals surface area contributed by atoms with E-state index in [1.807, 2.05) is 12.4 Å². The summed E-state index contributed by atoms with van der Waals surface area (Å²) in [6.07, 6.45) is 4.06. The number of aryl methyl sites for hydroxylation is 1. The molecule has 3 aromatic rings. The van der Waals surface area contributed by atoms with Crippen LogP contribution in [0, 0.1) is 6.92 Å². The topological polar surface area (TPSA) is 12.4 Å². The van der Waals surface area contributed by atoms with Crippen LogP contribution in [0.5, 0.6) is 0 Å². The van der Waals surface area contributed by atoms with E-state index in [4.69, 9.17) is 0 Å². The van der Waals surface area contributed by atoms with E-state index in [1.165, 1.54) is 38.3 Å². The monoisotopic (exact) mass is 512 g/mol. The molecule has 2 bridgehead atoms. The third kappa shape index (κ3) is 3.51. The molecule has 145 valence electrons. The maximum Gasteiger partial charge on any atom is 3.00 e. The number of benzene rings is 2. The molecular formula is C24H22Cl2NSiZr. The first-order valence-corrected chi connectivity index (χ1v) is 12.2. The summed E-state index contributed by atoms with van der Waals surface area (Å²) in [5.74, 6) is 0. The van der Waals surface area contributed by atoms with E-state index in [0.717, 1.165) is 0 Å². The van der Waals surface area contributed by atoms with Crippen molar-refractivity contribution >= 4 is 35.8 Å². The Labute approximate surface area is 205 Å². The van der Waals surface area contributed by atoms with Crippen molar-refractivity contribution in [2.45, 2.75) is 26.9 Å². The van der Waals surface area contributed by atoms with Crippen LogP contribution in [0.4, 0.5) is 0 Å². The molecule has 29 heavy (non-hydrogen) atoms. The molecule has 7 rings (SSSR count). The maximum atomic E-state index is 4.19. The molecule has 1 aliphatic carbocycles. The second kappa shape index (κ2) is 8.55. The third-order valence-electron chi connectivity index (χ3n) is 6.00. The number of hydrogen-bond acceptors (Lipinski definition) is 1. The SMILES string of the molecule is CC1=C2C3=CN=CC3=C1[Si]2(C)C.Cc1cc2c(ccc3ccccc32)[cH-]1.[Cl-].[Cl-].[Zr+3]. The van der Waals surface area contributed by atoms with Gasteiger partial charge in [-0.3, -0.25) is 4.99 Å². The second-order valence-electron chi connectivity index (χ2n) is 8.06. The molecule has 3 heterocycles. The minimum absolute atomic E-state index is 0. The van der Waals surface area contributed by atoms with Crippen molar-refractivity contribution < 1.29 is 51.0 Å². The molecule has 1 radical (unpaired) electrons. The van der Waals surface area contributed by atoms with Gasteiger partial charge in [0, 0.05) is 23.6 Å². The third-order valence-corrected chi connectivity index (χ3v) is 9.78. The molecule has 0 atom stereocenters. The average molecular weight is 515 g/mol. The van der Waals surface area contributed by atoms with Gasteiger partial charge in [0.05, 0.1) is 0 Å². The van der Waals surface area contributed by atoms with Crippen molar-refractivity contribution in [2.75, 3.05) is 0 Å². The van der Waals surface area contributed by atoms with Gasteiger partial charge in [0.25, 0.3) is 0 Å². The van der Waals surface area contributed by atoms with Crippen molar-refractivity contribution in [1.29, 1.82) is 0 Å². The number of aliphatic imine (C=N–C) groups is 1. The number of nitrogens with zero attached hydrogens (tertiary/aromatic N) is 1. The van der Waals surface area contributed by atoms with E-state index < -0.39 is 8.07 Å². The quantitative estimate of drug-likeness (QED) is 0.305. The van der Waals surface area contributed by atoms with E-state index in [9.17, 15) is 0 Å². The van der Waals surface area contributed by atoms with Gasteiger partial charge in [-0.15, -0.1) is 28.5 Å². The van der Waals surface area contributed by atoms with Crippen LogP contribution in [-0.4, -0.2) is 14.3 Å². The molecule has 0 fully saturated rings. The van der Waals surface area contributed by atoms with Crippen LogP contribution in [0.3, 0.4) is 0 Å². The molecule has 0 spiro atoms. The molecule has 0 saturated heterocycles. The summed E-state index contributed by atoms with van der Waals surface area (Å²) in [5, 5.41) is 8.72. The fourth-order valence-electron chi connectivity index (χ4n) is 5.04. The van der Waals surface area contributed by atoms with Gasteiger partial charge in [-0.1, -0.05) is 61.3 Å². The minimum Gasteiger partial charge on any atom is -1.00 e. The van der Waals surface area contributed by atoms with Gasteiger partial charge in [-0.05, 0) is 22.7 Å². The van der Waals surface area contributed by atoms with Gasteiger partial charge >= 0.3 is 26.2 Å². The van der Waals surface area contributed by atoms with Crippen molar-refractivity contribution in [3.63, 3.8) is 0 Å². The van der Waals surface area contributed by atoms with Gasteiger partial charge in [0.1, 0.15) is 8.07 Å². The van der Waals surface area contributed by atoms with E-state index >= 15 is 0 Å². The Hall–Kier alpha value is -1.12. The molecule has 0 aromatic heterocycles. The van der Waals surface area contributed by atoms with E-state index in [-0.39, 0.29) is 51.0 Å². The molecule has 1 nitrogen and oxygen atoms in total. The number of hydrogen-bond donors (Lipinski definition) is 0. The van der Waals surface area contributed by atoms with E-state index in [0.29, 0.717) is 0 Å². The summed E-state index contributed by atoms with van der Waals surface area (Å²) < 4.78 is 0. The molecule has 0 N–H and O–H groups in total. The van der Waals surface area contributed by atoms with Crippen LogP contribution >= 0.6 is 0 Å². The molecule has 0 unspecified atom stereocenters. The van der Waals surface area contributed by atoms with Gasteiger partial charge in [0.2, 0.25) is 0 Å². The van der Waals surface area contributed by atoms with Gasteiger partial charge < -0.3 is 24.8 Å². The molecule has 3 aromatic carbocycles. The predicted molar refractivity (Wildman–Crippen MR) is 116 cm³/mol. The number of allylic oxidation sites excluding steroid dienone is 5. The maximum absolute atomic E-state index is 4.19. The molecule has 3 aliphatic heterocycles. The summed E-state index contributed by atoms with van der Waals surface area (Å²) in [6, 6.07) is 17.4. The first kappa shape index (κ1) is 24.2. The Kier molecular flexibility index (Phi) is 7.12. The zero-order valence-corrected chi connectivity index (χ0v) is 21.9. The Morgan fingerprint density at radius 2 is 1.62 bits per heavy atom. The fourth-order valence-corrected chi connectivity index (χ4v) is 8.97. The Balaban J connectivity index is 0.000000189. The van der Waals surface area contributed by atoms with Crippen LogP contribution in [-0.2, 0) is 26.2 Å². The van der Waals surface area contributed by atoms with Crippen molar-refractivity contribution in [3.8, 4) is 0 Å². The average Bonchev–Trinajstić information content (AvgIpc) is 3.31. The van der Waals surface area contributed by atoms with E-state index in [1.54, 1.807) is 16.0 Å². The number of halogens is 2. The first-order chi connectivity index (χ1) is 12.5. The summed E-state index contributed by atoms with van der Waals surface area (Å²) in [5.41, 5.74) is 5.79. The summed E-state index contributed by atoms with van der Waals surface area (Å²) in [6.45, 7) is 9.27. The zero-order valence-electron chi connectivity index (χ0n) is 17.0. The fraction of sp³-hybridized carbons (Fsp3) is 0.167. The molecule has 0 saturated carbocycles. The Morgan fingerprint density at radius 3 is 2.31 bits per heavy atom. The Bertz CT molecular complexity index is 1230. The van der Waals surface area contributed by atoms with E-state index in [2.05, 4.69) is 80.5 Å². The molecule has 5 heteroatoms. The van der Waals surface area contributed by atoms with Crippen LogP contribution in [0.25, 0.3) is 21.5 Å². The Morgan fingerprint density at radius 1 is 0.897 bits per heavy atom. The van der Waals surface area contributed by atoms with Crippen LogP contribution in [0.1, 0.15) is 12.5 Å². The summed E-state index contributed by atoms with van der Waals surface area (Å²) in [4.78, 5) is 4.19. The summed E-state index contributed by atoms with van der Waals surface area (Å²) in [7, 11) is -1.11. The van der Waals surface area contributed by atoms with Gasteiger partial charge in [0.15, 0.2) is 0 Å². The standard InChI is InChI=1S/C14H11.C10H11NSi.2ClH.Zr/c1-10-8-12-7-6-11-4-2-3-5-13(11)14(12)9-10;1-6-9-7-4-11-5-8(7)10(6)12(9,2)3;;;/h2-9H,1H3;4-5H,1-3H3;2*1H;/q-1;;;;+3/p-2. The van der Waals surface area contributed by atoms with Crippen molar-refractivity contribution in [3.05, 3.63) is 87.4 Å². The number of fused-ring (bicyclic) bond motifs is 3. The van der Waals surface area contributed by atoms with Crippen LogP contribution < -0.4 is 24.8 Å². The smallest absolute Gasteiger partial charge is 1.00 e. The second-order valence-corrected chi connectivity index (χ2v) is 12.3. The molecular weight excluding hydrogens is 492 g/mol. The largest absolute Gasteiger partial charge is 3.00 e.